The normalized spacial score (nSPS) is 13.5. The van der Waals surface area contributed by atoms with Crippen molar-refractivity contribution in [3.63, 3.8) is 0 Å². The zero-order valence-corrected chi connectivity index (χ0v) is 32.0. The summed E-state index contributed by atoms with van der Waals surface area (Å²) in [6.45, 7) is 41.3. The van der Waals surface area contributed by atoms with E-state index in [4.69, 9.17) is 13.9 Å². The van der Waals surface area contributed by atoms with Gasteiger partial charge in [0, 0.05) is 0 Å². The SMILES string of the molecule is C[Si](C)(C)[N-][Si](C)(C)C.C[Si](C)(C)[N-][Si](C)(C)C.C[Si](C)(C)[N-][Si](C)(C)C.[Ce+3]. The molecule has 0 saturated heterocycles. The van der Waals surface area contributed by atoms with Gasteiger partial charge in [0.2, 0.25) is 0 Å². The van der Waals surface area contributed by atoms with Gasteiger partial charge in [-0.15, -0.1) is 0 Å². The summed E-state index contributed by atoms with van der Waals surface area (Å²) < 4.78 is 14.5. The Hall–Kier alpha value is 2.56. The molecular weight excluding hydrogens is 567 g/mol. The molecule has 0 N–H and O–H groups in total. The minimum Gasteiger partial charge on any atom is -0.668 e. The molecule has 0 aromatic heterocycles. The zero-order valence-electron chi connectivity index (χ0n) is 22.8. The van der Waals surface area contributed by atoms with E-state index in [9.17, 15) is 0 Å². The van der Waals surface area contributed by atoms with Crippen molar-refractivity contribution in [2.24, 2.45) is 0 Å². The maximum absolute atomic E-state index is 4.82. The van der Waals surface area contributed by atoms with Crippen LogP contribution in [-0.2, 0) is 0 Å². The molecule has 0 aliphatic rings. The average Bonchev–Trinajstić information content (AvgIpc) is 1.96. The van der Waals surface area contributed by atoms with Gasteiger partial charge in [0.1, 0.15) is 0 Å². The van der Waals surface area contributed by atoms with Crippen molar-refractivity contribution in [3.05, 3.63) is 13.9 Å². The van der Waals surface area contributed by atoms with Crippen molar-refractivity contribution in [3.8, 4) is 0 Å². The smallest absolute Gasteiger partial charge is 0.668 e. The maximum atomic E-state index is 4.82. The first kappa shape index (κ1) is 37.9. The van der Waals surface area contributed by atoms with E-state index in [1.54, 1.807) is 0 Å². The van der Waals surface area contributed by atoms with E-state index in [1.807, 2.05) is 0 Å². The van der Waals surface area contributed by atoms with Crippen molar-refractivity contribution in [2.45, 2.75) is 118 Å². The number of hydrogen-bond acceptors (Lipinski definition) is 0. The maximum Gasteiger partial charge on any atom is 3.00 e. The third kappa shape index (κ3) is 51.3. The molecule has 0 unspecified atom stereocenters. The second-order valence-corrected chi connectivity index (χ2v) is 42.1. The van der Waals surface area contributed by atoms with E-state index in [0.717, 1.165) is 0 Å². The summed E-state index contributed by atoms with van der Waals surface area (Å²) in [5.74, 6) is 0. The molecule has 0 heterocycles. The molecule has 0 aromatic carbocycles. The summed E-state index contributed by atoms with van der Waals surface area (Å²) in [5, 5.41) is 0. The molecule has 28 heavy (non-hydrogen) atoms. The third-order valence-corrected chi connectivity index (χ3v) is 18.1. The van der Waals surface area contributed by atoms with E-state index in [1.165, 1.54) is 0 Å². The average molecular weight is 621 g/mol. The fourth-order valence-electron chi connectivity index (χ4n) is 3.02. The van der Waals surface area contributed by atoms with Gasteiger partial charge >= 0.3 is 41.7 Å². The molecule has 0 spiro atoms. The van der Waals surface area contributed by atoms with Crippen LogP contribution < -0.4 is 0 Å². The Labute approximate surface area is 220 Å². The van der Waals surface area contributed by atoms with Crippen molar-refractivity contribution < 1.29 is 41.7 Å². The monoisotopic (exact) mass is 620 g/mol. The molecule has 1 radical (unpaired) electrons. The second kappa shape index (κ2) is 14.0. The fraction of sp³-hybridized carbons (Fsp3) is 1.00. The molecule has 0 saturated carbocycles. The Morgan fingerprint density at radius 3 is 0.321 bits per heavy atom. The first-order valence-corrected chi connectivity index (χ1v) is 31.0. The Morgan fingerprint density at radius 2 is 0.321 bits per heavy atom. The number of nitrogens with zero attached hydrogens (tertiary/aromatic N) is 3. The van der Waals surface area contributed by atoms with Crippen molar-refractivity contribution in [2.75, 3.05) is 0 Å². The summed E-state index contributed by atoms with van der Waals surface area (Å²) in [5.41, 5.74) is 0. The number of hydrogen-bond donors (Lipinski definition) is 0. The van der Waals surface area contributed by atoms with E-state index >= 15 is 0 Å². The minimum atomic E-state index is -1.11. The molecule has 0 bridgehead atoms. The Morgan fingerprint density at radius 1 is 0.250 bits per heavy atom. The molecule has 169 valence electrons. The van der Waals surface area contributed by atoms with Crippen LogP contribution in [0.2, 0.25) is 118 Å². The minimum absolute atomic E-state index is 0. The van der Waals surface area contributed by atoms with Gasteiger partial charge in [-0.1, -0.05) is 167 Å². The first-order chi connectivity index (χ1) is 11.1. The Balaban J connectivity index is -0.000000152. The van der Waals surface area contributed by atoms with E-state index in [0.29, 0.717) is 0 Å². The van der Waals surface area contributed by atoms with Gasteiger partial charge in [-0.05, 0) is 0 Å². The van der Waals surface area contributed by atoms with Crippen LogP contribution in [0.25, 0.3) is 13.9 Å². The molecule has 0 aliphatic heterocycles. The predicted octanol–water partition coefficient (Wildman–Crippen LogP) is 9.09. The molecule has 3 nitrogen and oxygen atoms in total. The van der Waals surface area contributed by atoms with Crippen LogP contribution >= 0.6 is 0 Å². The summed E-state index contributed by atoms with van der Waals surface area (Å²) in [6.07, 6.45) is 0. The van der Waals surface area contributed by atoms with Crippen LogP contribution in [0, 0.1) is 41.7 Å². The van der Waals surface area contributed by atoms with Crippen molar-refractivity contribution in [1.29, 1.82) is 0 Å². The van der Waals surface area contributed by atoms with Crippen molar-refractivity contribution in [1.82, 2.24) is 0 Å². The van der Waals surface area contributed by atoms with Crippen molar-refractivity contribution >= 4 is 49.4 Å². The summed E-state index contributed by atoms with van der Waals surface area (Å²) in [4.78, 5) is 0. The van der Waals surface area contributed by atoms with Gasteiger partial charge < -0.3 is 13.9 Å². The van der Waals surface area contributed by atoms with Gasteiger partial charge in [0.05, 0.1) is 0 Å². The second-order valence-electron chi connectivity index (χ2n) is 13.4. The molecule has 0 aromatic rings. The van der Waals surface area contributed by atoms with Gasteiger partial charge in [0.15, 0.2) is 0 Å². The Kier molecular flexibility index (Phi) is 18.9. The van der Waals surface area contributed by atoms with E-state index in [2.05, 4.69) is 118 Å². The van der Waals surface area contributed by atoms with Crippen LogP contribution in [-0.4, -0.2) is 49.4 Å². The molecular formula is C18H54CeN3Si6. The topological polar surface area (TPSA) is 42.3 Å². The molecule has 0 aliphatic carbocycles. The van der Waals surface area contributed by atoms with Gasteiger partial charge in [-0.3, -0.25) is 0 Å². The van der Waals surface area contributed by atoms with Gasteiger partial charge in [-0.25, -0.2) is 0 Å². The first-order valence-electron chi connectivity index (χ1n) is 10.3. The quantitative estimate of drug-likeness (QED) is 0.266. The van der Waals surface area contributed by atoms with E-state index < -0.39 is 49.4 Å². The van der Waals surface area contributed by atoms with Crippen LogP contribution in [0.1, 0.15) is 0 Å². The largest absolute Gasteiger partial charge is 3.00 e. The van der Waals surface area contributed by atoms with E-state index in [-0.39, 0.29) is 41.7 Å². The molecule has 10 heteroatoms. The van der Waals surface area contributed by atoms with Crippen LogP contribution in [0.5, 0.6) is 0 Å². The summed E-state index contributed by atoms with van der Waals surface area (Å²) in [6, 6.07) is 0. The Bertz CT molecular complexity index is 297. The van der Waals surface area contributed by atoms with Crippen LogP contribution in [0.15, 0.2) is 0 Å². The molecule has 0 atom stereocenters. The van der Waals surface area contributed by atoms with Crippen LogP contribution in [0.4, 0.5) is 0 Å². The zero-order chi connectivity index (χ0) is 23.1. The summed E-state index contributed by atoms with van der Waals surface area (Å²) >= 11 is 0. The standard InChI is InChI=1S/3C6H18NSi2.Ce/c3*1-8(2,3)7-9(4,5)6;/h3*1-6H3;/q3*-1;+3. The molecule has 0 rings (SSSR count). The molecule has 0 fully saturated rings. The number of rotatable bonds is 6. The fourth-order valence-corrected chi connectivity index (χ4v) is 27.2. The van der Waals surface area contributed by atoms with Gasteiger partial charge in [-0.2, -0.15) is 0 Å². The molecule has 0 amide bonds. The summed E-state index contributed by atoms with van der Waals surface area (Å²) in [7, 11) is -6.64. The third-order valence-electron chi connectivity index (χ3n) is 2.01. The predicted molar refractivity (Wildman–Crippen MR) is 150 cm³/mol. The van der Waals surface area contributed by atoms with Crippen LogP contribution in [0.3, 0.4) is 0 Å². The van der Waals surface area contributed by atoms with Gasteiger partial charge in [0.25, 0.3) is 0 Å².